The topological polar surface area (TPSA) is 65.4 Å². The molecule has 30 heavy (non-hydrogen) atoms. The number of nitrogens with one attached hydrogen (secondary N) is 1. The number of methoxy groups -OCH3 is 1. The molecule has 156 valence electrons. The molecule has 1 aliphatic rings. The molecule has 0 spiro atoms. The molecule has 1 amide bonds. The van der Waals surface area contributed by atoms with Crippen LogP contribution in [0.2, 0.25) is 0 Å². The maximum atomic E-state index is 12.7. The van der Waals surface area contributed by atoms with E-state index in [0.717, 1.165) is 17.5 Å². The number of benzene rings is 2. The summed E-state index contributed by atoms with van der Waals surface area (Å²) in [6.07, 6.45) is 2.73. The van der Waals surface area contributed by atoms with Crippen molar-refractivity contribution in [2.45, 2.75) is 45.6 Å². The lowest BCUT2D eigenvalue weighted by molar-refractivity contribution is -0.112. The second-order valence-electron chi connectivity index (χ2n) is 8.60. The van der Waals surface area contributed by atoms with Gasteiger partial charge in [-0.15, -0.1) is 0 Å². The molecular weight excluding hydrogens is 374 g/mol. The largest absolute Gasteiger partial charge is 0.497 e. The zero-order valence-electron chi connectivity index (χ0n) is 18.5. The number of rotatable bonds is 4. The highest BCUT2D eigenvalue weighted by Gasteiger charge is 2.34. The van der Waals surface area contributed by atoms with Crippen LogP contribution in [0.5, 0.6) is 5.75 Å². The third-order valence-electron chi connectivity index (χ3n) is 6.03. The number of hydrogen-bond donors (Lipinski definition) is 1. The molecule has 2 aromatic carbocycles. The van der Waals surface area contributed by atoms with Crippen LogP contribution in [-0.4, -0.2) is 25.6 Å². The monoisotopic (exact) mass is 403 g/mol. The second kappa shape index (κ2) is 8.23. The van der Waals surface area contributed by atoms with E-state index in [1.807, 2.05) is 13.0 Å². The van der Waals surface area contributed by atoms with Crippen LogP contribution in [0.3, 0.4) is 0 Å². The lowest BCUT2D eigenvalue weighted by atomic mass is 9.79. The Morgan fingerprint density at radius 1 is 1.30 bits per heavy atom. The summed E-state index contributed by atoms with van der Waals surface area (Å²) in [6, 6.07) is 13.3. The molecule has 0 saturated heterocycles. The van der Waals surface area contributed by atoms with Crippen LogP contribution < -0.4 is 15.0 Å². The average molecular weight is 404 g/mol. The molecule has 5 heteroatoms. The van der Waals surface area contributed by atoms with Crippen LogP contribution in [0.15, 0.2) is 42.0 Å². The van der Waals surface area contributed by atoms with Gasteiger partial charge >= 0.3 is 0 Å². The summed E-state index contributed by atoms with van der Waals surface area (Å²) in [5, 5.41) is 12.4. The highest BCUT2D eigenvalue weighted by atomic mass is 16.5. The molecule has 1 N–H and O–H groups in total. The molecule has 0 radical (unpaired) electrons. The van der Waals surface area contributed by atoms with E-state index in [-0.39, 0.29) is 11.1 Å². The van der Waals surface area contributed by atoms with Gasteiger partial charge in [0.2, 0.25) is 0 Å². The minimum absolute atomic E-state index is 0.0750. The van der Waals surface area contributed by atoms with E-state index < -0.39 is 5.91 Å². The van der Waals surface area contributed by atoms with Gasteiger partial charge in [0.25, 0.3) is 5.91 Å². The Labute approximate surface area is 179 Å². The fraction of sp³-hybridized carbons (Fsp3) is 0.360. The summed E-state index contributed by atoms with van der Waals surface area (Å²) in [7, 11) is 3.72. The van der Waals surface area contributed by atoms with Gasteiger partial charge in [0, 0.05) is 24.0 Å². The van der Waals surface area contributed by atoms with Gasteiger partial charge in [0.1, 0.15) is 17.4 Å². The van der Waals surface area contributed by atoms with E-state index in [2.05, 4.69) is 50.2 Å². The summed E-state index contributed by atoms with van der Waals surface area (Å²) >= 11 is 0. The Kier molecular flexibility index (Phi) is 5.89. The molecule has 5 nitrogen and oxygen atoms in total. The van der Waals surface area contributed by atoms with Gasteiger partial charge in [-0.05, 0) is 92.3 Å². The number of amides is 1. The number of hydrogen-bond acceptors (Lipinski definition) is 4. The van der Waals surface area contributed by atoms with Crippen molar-refractivity contribution in [1.29, 1.82) is 5.26 Å². The van der Waals surface area contributed by atoms with Crippen LogP contribution in [-0.2, 0) is 4.79 Å². The molecule has 1 heterocycles. The van der Waals surface area contributed by atoms with Crippen molar-refractivity contribution in [3.05, 3.63) is 58.7 Å². The maximum absolute atomic E-state index is 12.7. The van der Waals surface area contributed by atoms with E-state index in [1.54, 1.807) is 37.5 Å². The van der Waals surface area contributed by atoms with Crippen LogP contribution in [0.4, 0.5) is 11.4 Å². The zero-order valence-corrected chi connectivity index (χ0v) is 18.5. The summed E-state index contributed by atoms with van der Waals surface area (Å²) in [6.45, 7) is 8.76. The molecule has 0 unspecified atom stereocenters. The summed E-state index contributed by atoms with van der Waals surface area (Å²) in [4.78, 5) is 15.0. The van der Waals surface area contributed by atoms with Gasteiger partial charge in [0.05, 0.1) is 7.11 Å². The van der Waals surface area contributed by atoms with Crippen LogP contribution in [0.1, 0.15) is 49.8 Å². The highest BCUT2D eigenvalue weighted by molar-refractivity contribution is 6.09. The molecule has 0 fully saturated rings. The first kappa shape index (κ1) is 21.4. The standard InChI is InChI=1S/C25H29N3O2/c1-16-11-23-22(17(2)14-25(3,4)28(23)5)13-18(16)12-19(15-26)24(29)27-20-7-9-21(30-6)10-8-20/h7-13,17H,14H2,1-6H3,(H,27,29)/b19-12-/t17-/m0/s1. The normalized spacial score (nSPS) is 17.7. The molecule has 3 rings (SSSR count). The van der Waals surface area contributed by atoms with Crippen molar-refractivity contribution in [3.8, 4) is 11.8 Å². The van der Waals surface area contributed by atoms with Crippen LogP contribution in [0, 0.1) is 18.3 Å². The Bertz CT molecular complexity index is 1030. The predicted octanol–water partition coefficient (Wildman–Crippen LogP) is 5.27. The fourth-order valence-electron chi connectivity index (χ4n) is 4.07. The smallest absolute Gasteiger partial charge is 0.266 e. The van der Waals surface area contributed by atoms with E-state index in [1.165, 1.54) is 11.3 Å². The lowest BCUT2D eigenvalue weighted by Gasteiger charge is -2.45. The second-order valence-corrected chi connectivity index (χ2v) is 8.60. The first-order chi connectivity index (χ1) is 14.2. The van der Waals surface area contributed by atoms with E-state index in [0.29, 0.717) is 17.4 Å². The number of carbonyl (C=O) groups excluding carboxylic acids is 1. The number of nitriles is 1. The Balaban J connectivity index is 1.91. The Morgan fingerprint density at radius 3 is 2.57 bits per heavy atom. The number of anilines is 2. The van der Waals surface area contributed by atoms with Gasteiger partial charge in [0.15, 0.2) is 0 Å². The predicted molar refractivity (Wildman–Crippen MR) is 122 cm³/mol. The van der Waals surface area contributed by atoms with Crippen molar-refractivity contribution >= 4 is 23.4 Å². The fourth-order valence-corrected chi connectivity index (χ4v) is 4.07. The van der Waals surface area contributed by atoms with Gasteiger partial charge in [-0.25, -0.2) is 0 Å². The van der Waals surface area contributed by atoms with E-state index in [4.69, 9.17) is 4.74 Å². The molecule has 1 atom stereocenters. The molecular formula is C25H29N3O2. The minimum atomic E-state index is -0.425. The van der Waals surface area contributed by atoms with E-state index in [9.17, 15) is 10.1 Å². The average Bonchev–Trinajstić information content (AvgIpc) is 2.71. The van der Waals surface area contributed by atoms with Crippen molar-refractivity contribution < 1.29 is 9.53 Å². The van der Waals surface area contributed by atoms with Gasteiger partial charge in [-0.3, -0.25) is 4.79 Å². The lowest BCUT2D eigenvalue weighted by Crippen LogP contribution is -2.45. The number of aryl methyl sites for hydroxylation is 1. The van der Waals surface area contributed by atoms with Gasteiger partial charge in [-0.1, -0.05) is 6.92 Å². The number of nitrogens with zero attached hydrogens (tertiary/aromatic N) is 2. The van der Waals surface area contributed by atoms with E-state index >= 15 is 0 Å². The maximum Gasteiger partial charge on any atom is 0.266 e. The SMILES string of the molecule is COc1ccc(NC(=O)/C(C#N)=C\c2cc3c(cc2C)N(C)C(C)(C)C[C@@H]3C)cc1. The summed E-state index contributed by atoms with van der Waals surface area (Å²) < 4.78 is 5.13. The number of ether oxygens (including phenoxy) is 1. The number of fused-ring (bicyclic) bond motifs is 1. The van der Waals surface area contributed by atoms with Crippen molar-refractivity contribution in [2.75, 3.05) is 24.4 Å². The minimum Gasteiger partial charge on any atom is -0.497 e. The summed E-state index contributed by atoms with van der Waals surface area (Å²) in [5.74, 6) is 0.680. The van der Waals surface area contributed by atoms with Crippen molar-refractivity contribution in [1.82, 2.24) is 0 Å². The molecule has 0 saturated carbocycles. The van der Waals surface area contributed by atoms with Crippen molar-refractivity contribution in [3.63, 3.8) is 0 Å². The first-order valence-corrected chi connectivity index (χ1v) is 10.1. The quantitative estimate of drug-likeness (QED) is 0.558. The molecule has 2 aromatic rings. The molecule has 0 aliphatic carbocycles. The molecule has 1 aliphatic heterocycles. The molecule has 0 aromatic heterocycles. The molecule has 0 bridgehead atoms. The van der Waals surface area contributed by atoms with Crippen LogP contribution >= 0.6 is 0 Å². The van der Waals surface area contributed by atoms with Gasteiger partial charge in [-0.2, -0.15) is 5.26 Å². The Hall–Kier alpha value is -3.26. The van der Waals surface area contributed by atoms with Crippen molar-refractivity contribution in [2.24, 2.45) is 0 Å². The Morgan fingerprint density at radius 2 is 1.97 bits per heavy atom. The highest BCUT2D eigenvalue weighted by Crippen LogP contribution is 2.43. The first-order valence-electron chi connectivity index (χ1n) is 10.1. The van der Waals surface area contributed by atoms with Gasteiger partial charge < -0.3 is 15.0 Å². The third kappa shape index (κ3) is 4.18. The summed E-state index contributed by atoms with van der Waals surface area (Å²) in [5.41, 5.74) is 5.18. The zero-order chi connectivity index (χ0) is 22.1. The third-order valence-corrected chi connectivity index (χ3v) is 6.03. The van der Waals surface area contributed by atoms with Crippen LogP contribution in [0.25, 0.3) is 6.08 Å². The number of carbonyl (C=O) groups is 1.